The van der Waals surface area contributed by atoms with Crippen LogP contribution in [0.1, 0.15) is 69.4 Å². The molecule has 0 spiro atoms. The van der Waals surface area contributed by atoms with Crippen molar-refractivity contribution in [2.45, 2.75) is 70.9 Å². The molecule has 0 radical (unpaired) electrons. The molecule has 4 aromatic heterocycles. The van der Waals surface area contributed by atoms with Crippen LogP contribution in [0.25, 0.3) is 66.9 Å². The number of hydrogen-bond donors (Lipinski definition) is 6. The molecule has 2 saturated heterocycles. The van der Waals surface area contributed by atoms with Crippen LogP contribution in [0, 0.1) is 0 Å². The number of piperazine rings is 2. The van der Waals surface area contributed by atoms with Crippen molar-refractivity contribution in [1.29, 1.82) is 0 Å². The third-order valence-electron chi connectivity index (χ3n) is 13.5. The fourth-order valence-corrected chi connectivity index (χ4v) is 9.37. The zero-order valence-electron chi connectivity index (χ0n) is 38.8. The molecule has 67 heavy (non-hydrogen) atoms. The van der Waals surface area contributed by atoms with Crippen LogP contribution in [-0.4, -0.2) is 128 Å². The lowest BCUT2D eigenvalue weighted by molar-refractivity contribution is -0.122. The summed E-state index contributed by atoms with van der Waals surface area (Å²) < 4.78 is 0. The minimum atomic E-state index is 0.0376. The molecule has 2 fully saturated rings. The molecule has 16 heteroatoms. The van der Waals surface area contributed by atoms with Crippen LogP contribution in [0.4, 0.5) is 11.4 Å². The highest BCUT2D eigenvalue weighted by molar-refractivity contribution is 5.87. The number of amides is 2. The SMILES string of the molecule is CN1CCN(c2ccc3nc(-c4ccc5nc(CNC(=O)CCCCCCCCCC(=O)NCc6nc7ccc(-c8nc9ccc(N%10CCN(C)CC%10)cc9[nH]8)cc7[nH]6)[nH]c5c4)[nH]c3c2)CC1. The van der Waals surface area contributed by atoms with Crippen LogP contribution in [0.3, 0.4) is 0 Å². The first-order chi connectivity index (χ1) is 32.8. The first kappa shape index (κ1) is 44.1. The molecule has 0 saturated carbocycles. The van der Waals surface area contributed by atoms with Gasteiger partial charge in [0.15, 0.2) is 0 Å². The summed E-state index contributed by atoms with van der Waals surface area (Å²) in [4.78, 5) is 67.8. The summed E-state index contributed by atoms with van der Waals surface area (Å²) in [7, 11) is 4.34. The maximum absolute atomic E-state index is 12.7. The molecule has 2 amide bonds. The summed E-state index contributed by atoms with van der Waals surface area (Å²) in [6, 6.07) is 25.1. The minimum Gasteiger partial charge on any atom is -0.369 e. The van der Waals surface area contributed by atoms with E-state index >= 15 is 0 Å². The number of carbonyl (C=O) groups is 2. The Labute approximate surface area is 390 Å². The third-order valence-corrected chi connectivity index (χ3v) is 13.5. The molecule has 0 unspecified atom stereocenters. The van der Waals surface area contributed by atoms with Gasteiger partial charge in [-0.3, -0.25) is 9.59 Å². The van der Waals surface area contributed by atoms with E-state index < -0.39 is 0 Å². The number of aromatic amines is 4. The van der Waals surface area contributed by atoms with Crippen molar-refractivity contribution in [1.82, 2.24) is 60.3 Å². The second kappa shape index (κ2) is 20.0. The van der Waals surface area contributed by atoms with E-state index in [1.54, 1.807) is 0 Å². The topological polar surface area (TPSA) is 186 Å². The highest BCUT2D eigenvalue weighted by Crippen LogP contribution is 2.29. The highest BCUT2D eigenvalue weighted by atomic mass is 16.2. The summed E-state index contributed by atoms with van der Waals surface area (Å²) in [5.74, 6) is 3.18. The normalized spacial score (nSPS) is 15.1. The number of anilines is 2. The number of nitrogens with one attached hydrogen (secondary N) is 6. The Bertz CT molecular complexity index is 2780. The number of nitrogens with zero attached hydrogens (tertiary/aromatic N) is 8. The van der Waals surface area contributed by atoms with Crippen molar-refractivity contribution < 1.29 is 9.59 Å². The Morgan fingerprint density at radius 3 is 1.27 bits per heavy atom. The smallest absolute Gasteiger partial charge is 0.220 e. The Hall–Kier alpha value is -6.78. The molecule has 6 N–H and O–H groups in total. The largest absolute Gasteiger partial charge is 0.369 e. The molecule has 10 rings (SSSR count). The molecule has 2 aliphatic rings. The molecule has 0 bridgehead atoms. The number of aromatic nitrogens is 8. The summed E-state index contributed by atoms with van der Waals surface area (Å²) in [6.07, 6.45) is 7.98. The Morgan fingerprint density at radius 1 is 0.463 bits per heavy atom. The van der Waals surface area contributed by atoms with Gasteiger partial charge >= 0.3 is 0 Å². The van der Waals surface area contributed by atoms with Crippen molar-refractivity contribution >= 4 is 67.3 Å². The van der Waals surface area contributed by atoms with Crippen LogP contribution in [-0.2, 0) is 22.7 Å². The van der Waals surface area contributed by atoms with Crippen LogP contribution in [0.5, 0.6) is 0 Å². The van der Waals surface area contributed by atoms with Gasteiger partial charge in [-0.05, 0) is 99.7 Å². The van der Waals surface area contributed by atoms with E-state index in [2.05, 4.69) is 113 Å². The third kappa shape index (κ3) is 10.6. The number of H-pyrrole nitrogens is 4. The number of benzene rings is 4. The van der Waals surface area contributed by atoms with Crippen LogP contribution >= 0.6 is 0 Å². The van der Waals surface area contributed by atoms with Gasteiger partial charge in [0.25, 0.3) is 0 Å². The average Bonchev–Trinajstić information content (AvgIpc) is 4.16. The van der Waals surface area contributed by atoms with E-state index in [0.717, 1.165) is 176 Å². The monoisotopic (exact) mass is 903 g/mol. The van der Waals surface area contributed by atoms with Crippen molar-refractivity contribution in [3.05, 3.63) is 84.4 Å². The predicted molar refractivity (Wildman–Crippen MR) is 267 cm³/mol. The molecule has 2 aliphatic heterocycles. The quantitative estimate of drug-likeness (QED) is 0.0472. The fraction of sp³-hybridized carbons (Fsp3) is 0.412. The molecular formula is C51H62N14O2. The van der Waals surface area contributed by atoms with Crippen LogP contribution < -0.4 is 20.4 Å². The lowest BCUT2D eigenvalue weighted by atomic mass is 10.1. The number of likely N-dealkylation sites (N-methyl/N-ethyl adjacent to an activating group) is 2. The number of carbonyl (C=O) groups excluding carboxylic acids is 2. The Morgan fingerprint density at radius 2 is 0.836 bits per heavy atom. The van der Waals surface area contributed by atoms with Crippen molar-refractivity contribution in [2.75, 3.05) is 76.3 Å². The molecule has 348 valence electrons. The van der Waals surface area contributed by atoms with Crippen molar-refractivity contribution in [3.8, 4) is 22.8 Å². The van der Waals surface area contributed by atoms with Crippen LogP contribution in [0.15, 0.2) is 72.8 Å². The maximum Gasteiger partial charge on any atom is 0.220 e. The number of unbranched alkanes of at least 4 members (excludes halogenated alkanes) is 6. The molecule has 8 aromatic rings. The van der Waals surface area contributed by atoms with E-state index in [9.17, 15) is 9.59 Å². The number of imidazole rings is 4. The number of fused-ring (bicyclic) bond motifs is 4. The highest BCUT2D eigenvalue weighted by Gasteiger charge is 2.18. The second-order valence-electron chi connectivity index (χ2n) is 18.5. The molecule has 6 heterocycles. The lowest BCUT2D eigenvalue weighted by Crippen LogP contribution is -2.44. The summed E-state index contributed by atoms with van der Waals surface area (Å²) in [5.41, 5.74) is 11.9. The van der Waals surface area contributed by atoms with Gasteiger partial charge in [0, 0.05) is 87.7 Å². The lowest BCUT2D eigenvalue weighted by Gasteiger charge is -2.34. The summed E-state index contributed by atoms with van der Waals surface area (Å²) >= 11 is 0. The van der Waals surface area contributed by atoms with Gasteiger partial charge < -0.3 is 50.2 Å². The van der Waals surface area contributed by atoms with E-state index in [4.69, 9.17) is 19.9 Å². The average molecular weight is 903 g/mol. The standard InChI is InChI=1S/C51H62N14O2/c1-62-20-24-64(25-21-62)36-14-18-40-44(30-36)60-50(58-40)34-12-16-38-42(28-34)56-46(54-38)32-52-48(66)10-8-6-4-3-5-7-9-11-49(67)53-33-47-55-39-17-13-35(29-43(39)57-47)51-59-41-19-15-37(31-45(41)61-51)65-26-22-63(2)23-27-65/h12-19,28-31H,3-11,20-27,32-33H2,1-2H3,(H,52,66)(H,53,67)(H,54,56)(H,55,57)(H,58,60)(H,59,61). The summed E-state index contributed by atoms with van der Waals surface area (Å²) in [5, 5.41) is 6.06. The number of rotatable bonds is 18. The Balaban J connectivity index is 0.593. The van der Waals surface area contributed by atoms with Gasteiger partial charge in [0.1, 0.15) is 23.3 Å². The number of hydrogen-bond acceptors (Lipinski definition) is 10. The second-order valence-corrected chi connectivity index (χ2v) is 18.5. The minimum absolute atomic E-state index is 0.0376. The molecular weight excluding hydrogens is 841 g/mol. The molecule has 16 nitrogen and oxygen atoms in total. The van der Waals surface area contributed by atoms with Gasteiger partial charge in [-0.2, -0.15) is 0 Å². The van der Waals surface area contributed by atoms with E-state index in [0.29, 0.717) is 25.9 Å². The molecule has 0 aliphatic carbocycles. The van der Waals surface area contributed by atoms with Gasteiger partial charge in [-0.1, -0.05) is 32.1 Å². The van der Waals surface area contributed by atoms with Crippen LogP contribution in [0.2, 0.25) is 0 Å². The Kier molecular flexibility index (Phi) is 13.1. The van der Waals surface area contributed by atoms with Gasteiger partial charge in [-0.15, -0.1) is 0 Å². The maximum atomic E-state index is 12.7. The van der Waals surface area contributed by atoms with E-state index in [-0.39, 0.29) is 11.8 Å². The zero-order chi connectivity index (χ0) is 45.7. The van der Waals surface area contributed by atoms with Crippen molar-refractivity contribution in [2.24, 2.45) is 0 Å². The first-order valence-electron chi connectivity index (χ1n) is 24.1. The predicted octanol–water partition coefficient (Wildman–Crippen LogP) is 7.47. The van der Waals surface area contributed by atoms with E-state index in [1.165, 1.54) is 11.4 Å². The summed E-state index contributed by atoms with van der Waals surface area (Å²) in [6.45, 7) is 9.08. The van der Waals surface area contributed by atoms with Crippen molar-refractivity contribution in [3.63, 3.8) is 0 Å². The zero-order valence-corrected chi connectivity index (χ0v) is 38.8. The van der Waals surface area contributed by atoms with Gasteiger partial charge in [0.2, 0.25) is 11.8 Å². The first-order valence-corrected chi connectivity index (χ1v) is 24.1. The fourth-order valence-electron chi connectivity index (χ4n) is 9.37. The molecule has 4 aromatic carbocycles. The van der Waals surface area contributed by atoms with Gasteiger partial charge in [-0.25, -0.2) is 19.9 Å². The van der Waals surface area contributed by atoms with E-state index in [1.807, 2.05) is 24.3 Å². The molecule has 0 atom stereocenters. The van der Waals surface area contributed by atoms with Gasteiger partial charge in [0.05, 0.1) is 57.2 Å².